The Kier molecular flexibility index (Phi) is 7.62. The van der Waals surface area contributed by atoms with Gasteiger partial charge in [0.15, 0.2) is 0 Å². The van der Waals surface area contributed by atoms with Gasteiger partial charge in [0.05, 0.1) is 28.7 Å². The Hall–Kier alpha value is -4.33. The van der Waals surface area contributed by atoms with Gasteiger partial charge in [-0.25, -0.2) is 9.88 Å². The Morgan fingerprint density at radius 3 is 2.29 bits per heavy atom. The molecule has 1 aromatic heterocycles. The molecule has 42 heavy (non-hydrogen) atoms. The molecule has 0 N–H and O–H groups in total. The Bertz CT molecular complexity index is 1800. The lowest BCUT2D eigenvalue weighted by molar-refractivity contribution is -0.138. The van der Waals surface area contributed by atoms with E-state index in [1.807, 2.05) is 55.5 Å². The number of amides is 3. The van der Waals surface area contributed by atoms with Gasteiger partial charge in [0, 0.05) is 17.1 Å². The first kappa shape index (κ1) is 27.8. The van der Waals surface area contributed by atoms with Crippen molar-refractivity contribution in [3.8, 4) is 10.6 Å². The second-order valence-electron chi connectivity index (χ2n) is 10.6. The third-order valence-electron chi connectivity index (χ3n) is 7.48. The monoisotopic (exact) mass is 593 g/mol. The van der Waals surface area contributed by atoms with E-state index in [0.717, 1.165) is 37.5 Å². The van der Waals surface area contributed by atoms with E-state index >= 15 is 0 Å². The average Bonchev–Trinajstić information content (AvgIpc) is 3.53. The van der Waals surface area contributed by atoms with Crippen molar-refractivity contribution in [1.82, 2.24) is 9.88 Å². The first-order chi connectivity index (χ1) is 20.2. The fraction of sp³-hybridized carbons (Fsp3) is 0.176. The molecule has 0 bridgehead atoms. The van der Waals surface area contributed by atoms with Crippen molar-refractivity contribution in [3.05, 3.63) is 118 Å². The third-order valence-corrected chi connectivity index (χ3v) is 8.80. The fourth-order valence-electron chi connectivity index (χ4n) is 5.18. The van der Waals surface area contributed by atoms with E-state index in [1.165, 1.54) is 15.4 Å². The number of hydrogen-bond donors (Lipinski definition) is 0. The molecule has 6 nitrogen and oxygen atoms in total. The van der Waals surface area contributed by atoms with E-state index in [4.69, 9.17) is 16.6 Å². The van der Waals surface area contributed by atoms with E-state index in [2.05, 4.69) is 13.0 Å². The summed E-state index contributed by atoms with van der Waals surface area (Å²) in [6.07, 6.45) is 0.0212. The lowest BCUT2D eigenvalue weighted by atomic mass is 10.1. The molecule has 8 heteroatoms. The number of hydrogen-bond acceptors (Lipinski definition) is 5. The van der Waals surface area contributed by atoms with Crippen molar-refractivity contribution in [2.24, 2.45) is 0 Å². The lowest BCUT2D eigenvalue weighted by Crippen LogP contribution is -2.45. The minimum atomic E-state index is -0.897. The highest BCUT2D eigenvalue weighted by Crippen LogP contribution is 2.33. The summed E-state index contributed by atoms with van der Waals surface area (Å²) in [6, 6.07) is 27.5. The molecule has 1 unspecified atom stereocenters. The van der Waals surface area contributed by atoms with Crippen molar-refractivity contribution in [1.29, 1.82) is 0 Å². The smallest absolute Gasteiger partial charge is 0.257 e. The number of fused-ring (bicyclic) bond motifs is 1. The molecule has 1 aliphatic heterocycles. The molecule has 0 radical (unpaired) electrons. The van der Waals surface area contributed by atoms with Crippen molar-refractivity contribution in [3.63, 3.8) is 0 Å². The molecule has 0 saturated carbocycles. The van der Waals surface area contributed by atoms with Crippen molar-refractivity contribution in [2.75, 3.05) is 4.90 Å². The van der Waals surface area contributed by atoms with Crippen molar-refractivity contribution >= 4 is 56.6 Å². The van der Waals surface area contributed by atoms with Crippen LogP contribution in [0.3, 0.4) is 0 Å². The molecule has 1 saturated heterocycles. The van der Waals surface area contributed by atoms with Gasteiger partial charge in [0.25, 0.3) is 5.91 Å². The van der Waals surface area contributed by atoms with Gasteiger partial charge < -0.3 is 4.90 Å². The number of nitrogens with zero attached hydrogens (tertiary/aromatic N) is 3. The Balaban J connectivity index is 1.26. The number of benzene rings is 4. The summed E-state index contributed by atoms with van der Waals surface area (Å²) in [5, 5.41) is 1.45. The molecular weight excluding hydrogens is 566 g/mol. The van der Waals surface area contributed by atoms with Crippen LogP contribution in [-0.4, -0.2) is 33.6 Å². The number of thiazole rings is 1. The summed E-state index contributed by atoms with van der Waals surface area (Å²) >= 11 is 7.63. The van der Waals surface area contributed by atoms with Gasteiger partial charge in [0.1, 0.15) is 11.0 Å². The van der Waals surface area contributed by atoms with Crippen LogP contribution in [0, 0.1) is 13.8 Å². The number of carbonyl (C=O) groups is 3. The van der Waals surface area contributed by atoms with Crippen LogP contribution in [0.5, 0.6) is 0 Å². The molecule has 5 aromatic rings. The zero-order valence-electron chi connectivity index (χ0n) is 23.2. The number of aryl methyl sites for hydroxylation is 2. The van der Waals surface area contributed by atoms with Gasteiger partial charge in [0.2, 0.25) is 11.8 Å². The average molecular weight is 594 g/mol. The summed E-state index contributed by atoms with van der Waals surface area (Å²) in [4.78, 5) is 48.2. The molecule has 2 heterocycles. The van der Waals surface area contributed by atoms with E-state index in [9.17, 15) is 14.4 Å². The largest absolute Gasteiger partial charge is 0.325 e. The van der Waals surface area contributed by atoms with Crippen LogP contribution >= 0.6 is 22.9 Å². The molecule has 1 atom stereocenters. The highest BCUT2D eigenvalue weighted by atomic mass is 35.5. The van der Waals surface area contributed by atoms with Crippen LogP contribution in [-0.2, 0) is 27.3 Å². The Morgan fingerprint density at radius 2 is 1.57 bits per heavy atom. The number of rotatable bonds is 7. The predicted molar refractivity (Wildman–Crippen MR) is 168 cm³/mol. The van der Waals surface area contributed by atoms with Gasteiger partial charge in [-0.05, 0) is 79.1 Å². The molecule has 4 aromatic carbocycles. The maximum atomic E-state index is 13.8. The number of aromatic nitrogens is 1. The minimum absolute atomic E-state index is 0.0734. The minimum Gasteiger partial charge on any atom is -0.325 e. The van der Waals surface area contributed by atoms with Crippen LogP contribution in [0.15, 0.2) is 91.0 Å². The summed E-state index contributed by atoms with van der Waals surface area (Å²) in [5.41, 5.74) is 6.28. The molecule has 0 aliphatic carbocycles. The predicted octanol–water partition coefficient (Wildman–Crippen LogP) is 7.14. The zero-order valence-corrected chi connectivity index (χ0v) is 24.8. The first-order valence-electron chi connectivity index (χ1n) is 13.7. The SMILES string of the molecule is Cc1ccc(CN(C(=O)Cc2ccc(Cl)cc2)C2CC(=O)N(c3ccc(-c4nc5ccc(C)cc5s4)cc3)C2=O)cc1. The van der Waals surface area contributed by atoms with E-state index in [1.54, 1.807) is 47.7 Å². The maximum Gasteiger partial charge on any atom is 0.257 e. The normalized spacial score (nSPS) is 15.0. The molecule has 0 spiro atoms. The summed E-state index contributed by atoms with van der Waals surface area (Å²) in [6.45, 7) is 4.27. The zero-order chi connectivity index (χ0) is 29.4. The van der Waals surface area contributed by atoms with Crippen LogP contribution in [0.1, 0.15) is 28.7 Å². The molecule has 6 rings (SSSR count). The fourth-order valence-corrected chi connectivity index (χ4v) is 6.38. The maximum absolute atomic E-state index is 13.8. The van der Waals surface area contributed by atoms with Gasteiger partial charge >= 0.3 is 0 Å². The highest BCUT2D eigenvalue weighted by Gasteiger charge is 2.44. The quantitative estimate of drug-likeness (QED) is 0.188. The standard InChI is InChI=1S/C34H28ClN3O3S/c1-21-3-6-24(7-4-21)20-37(31(39)18-23-8-12-26(35)13-9-23)29-19-32(40)38(34(29)41)27-14-10-25(11-15-27)33-36-28-16-5-22(2)17-30(28)42-33/h3-17,29H,18-20H2,1-2H3. The summed E-state index contributed by atoms with van der Waals surface area (Å²) in [5.74, 6) is -0.964. The van der Waals surface area contributed by atoms with Gasteiger partial charge in [-0.2, -0.15) is 0 Å². The number of imide groups is 1. The summed E-state index contributed by atoms with van der Waals surface area (Å²) < 4.78 is 1.11. The second kappa shape index (κ2) is 11.5. The van der Waals surface area contributed by atoms with Crippen LogP contribution in [0.2, 0.25) is 5.02 Å². The highest BCUT2D eigenvalue weighted by molar-refractivity contribution is 7.21. The Morgan fingerprint density at radius 1 is 0.905 bits per heavy atom. The summed E-state index contributed by atoms with van der Waals surface area (Å²) in [7, 11) is 0. The van der Waals surface area contributed by atoms with Crippen LogP contribution < -0.4 is 4.90 Å². The van der Waals surface area contributed by atoms with Gasteiger partial charge in [-0.3, -0.25) is 14.4 Å². The lowest BCUT2D eigenvalue weighted by Gasteiger charge is -2.28. The van der Waals surface area contributed by atoms with E-state index in [0.29, 0.717) is 10.7 Å². The van der Waals surface area contributed by atoms with Crippen molar-refractivity contribution in [2.45, 2.75) is 39.3 Å². The van der Waals surface area contributed by atoms with Crippen molar-refractivity contribution < 1.29 is 14.4 Å². The molecular formula is C34H28ClN3O3S. The van der Waals surface area contributed by atoms with Gasteiger partial charge in [-0.15, -0.1) is 11.3 Å². The number of halogens is 1. The van der Waals surface area contributed by atoms with Gasteiger partial charge in [-0.1, -0.05) is 59.6 Å². The molecule has 210 valence electrons. The third kappa shape index (κ3) is 5.71. The van der Waals surface area contributed by atoms with E-state index in [-0.39, 0.29) is 31.2 Å². The molecule has 1 fully saturated rings. The van der Waals surface area contributed by atoms with Crippen LogP contribution in [0.4, 0.5) is 5.69 Å². The van der Waals surface area contributed by atoms with Crippen LogP contribution in [0.25, 0.3) is 20.8 Å². The molecule has 1 aliphatic rings. The second-order valence-corrected chi connectivity index (χ2v) is 12.1. The first-order valence-corrected chi connectivity index (χ1v) is 14.9. The number of anilines is 1. The number of carbonyl (C=O) groups excluding carboxylic acids is 3. The topological polar surface area (TPSA) is 70.6 Å². The molecule has 3 amide bonds. The van der Waals surface area contributed by atoms with E-state index < -0.39 is 11.9 Å². The Labute approximate surface area is 253 Å².